The molecule has 25 heavy (non-hydrogen) atoms. The number of hydrogen-bond acceptors (Lipinski definition) is 2. The number of ether oxygens (including phenoxy) is 1. The van der Waals surface area contributed by atoms with E-state index in [1.807, 2.05) is 54.7 Å². The van der Waals surface area contributed by atoms with E-state index in [0.29, 0.717) is 0 Å². The minimum Gasteiger partial charge on any atom is -0.457 e. The maximum absolute atomic E-state index is 5.90. The first-order chi connectivity index (χ1) is 12.4. The van der Waals surface area contributed by atoms with Gasteiger partial charge in [-0.1, -0.05) is 42.5 Å². The summed E-state index contributed by atoms with van der Waals surface area (Å²) in [6.45, 7) is 0. The van der Waals surface area contributed by atoms with E-state index < -0.39 is 0 Å². The van der Waals surface area contributed by atoms with E-state index in [0.717, 1.165) is 29.2 Å². The van der Waals surface area contributed by atoms with Crippen molar-refractivity contribution in [2.45, 2.75) is 25.7 Å². The number of aliphatic imine (C=N–C) groups is 1. The Morgan fingerprint density at radius 3 is 2.48 bits per heavy atom. The molecule has 0 bridgehead atoms. The molecule has 3 aromatic carbocycles. The normalized spacial score (nSPS) is 13.6. The van der Waals surface area contributed by atoms with Crippen LogP contribution >= 0.6 is 0 Å². The Balaban J connectivity index is 1.55. The summed E-state index contributed by atoms with van der Waals surface area (Å²) in [5.74, 6) is 1.67. The summed E-state index contributed by atoms with van der Waals surface area (Å²) in [7, 11) is 0. The largest absolute Gasteiger partial charge is 0.457 e. The Morgan fingerprint density at radius 1 is 0.760 bits per heavy atom. The summed E-state index contributed by atoms with van der Waals surface area (Å²) < 4.78 is 5.90. The third-order valence-corrected chi connectivity index (χ3v) is 4.56. The van der Waals surface area contributed by atoms with E-state index in [-0.39, 0.29) is 0 Å². The van der Waals surface area contributed by atoms with Gasteiger partial charge in [-0.3, -0.25) is 4.99 Å². The van der Waals surface area contributed by atoms with Crippen LogP contribution in [0.3, 0.4) is 0 Å². The van der Waals surface area contributed by atoms with Crippen LogP contribution in [0, 0.1) is 0 Å². The van der Waals surface area contributed by atoms with Gasteiger partial charge in [0, 0.05) is 6.21 Å². The molecule has 0 spiro atoms. The fourth-order valence-corrected chi connectivity index (χ4v) is 3.31. The standard InChI is InChI=1S/C23H21NO/c1-2-11-20(12-3-1)25-21-13-6-8-18(16-21)17-24-23-15-7-10-19-9-4-5-14-22(19)23/h1-3,6-8,10-13,15-17H,4-5,9,14H2. The fraction of sp³-hybridized carbons (Fsp3) is 0.174. The van der Waals surface area contributed by atoms with Crippen LogP contribution in [0.1, 0.15) is 29.5 Å². The van der Waals surface area contributed by atoms with Gasteiger partial charge in [0.15, 0.2) is 0 Å². The van der Waals surface area contributed by atoms with Crippen LogP contribution in [-0.2, 0) is 12.8 Å². The molecule has 0 atom stereocenters. The zero-order valence-corrected chi connectivity index (χ0v) is 14.2. The van der Waals surface area contributed by atoms with Crippen molar-refractivity contribution in [2.24, 2.45) is 4.99 Å². The van der Waals surface area contributed by atoms with Gasteiger partial charge in [0.2, 0.25) is 0 Å². The average Bonchev–Trinajstić information content (AvgIpc) is 2.67. The maximum Gasteiger partial charge on any atom is 0.128 e. The number of aryl methyl sites for hydroxylation is 1. The molecule has 0 radical (unpaired) electrons. The molecule has 0 aliphatic heterocycles. The van der Waals surface area contributed by atoms with Gasteiger partial charge in [-0.15, -0.1) is 0 Å². The first kappa shape index (κ1) is 15.6. The molecular formula is C23H21NO. The third kappa shape index (κ3) is 3.80. The van der Waals surface area contributed by atoms with Crippen LogP contribution in [0.15, 0.2) is 77.8 Å². The summed E-state index contributed by atoms with van der Waals surface area (Å²) in [6.07, 6.45) is 6.81. The van der Waals surface area contributed by atoms with Crippen LogP contribution in [0.2, 0.25) is 0 Å². The summed E-state index contributed by atoms with van der Waals surface area (Å²) >= 11 is 0. The van der Waals surface area contributed by atoms with E-state index in [9.17, 15) is 0 Å². The van der Waals surface area contributed by atoms with Gasteiger partial charge in [0.1, 0.15) is 11.5 Å². The van der Waals surface area contributed by atoms with E-state index in [2.05, 4.69) is 24.3 Å². The molecule has 0 amide bonds. The second-order valence-corrected chi connectivity index (χ2v) is 6.37. The maximum atomic E-state index is 5.90. The van der Waals surface area contributed by atoms with Gasteiger partial charge >= 0.3 is 0 Å². The van der Waals surface area contributed by atoms with Gasteiger partial charge in [-0.05, 0) is 72.7 Å². The minimum absolute atomic E-state index is 0.824. The number of para-hydroxylation sites is 1. The first-order valence-electron chi connectivity index (χ1n) is 8.86. The van der Waals surface area contributed by atoms with Crippen molar-refractivity contribution in [1.29, 1.82) is 0 Å². The number of benzene rings is 3. The zero-order chi connectivity index (χ0) is 16.9. The topological polar surface area (TPSA) is 21.6 Å². The quantitative estimate of drug-likeness (QED) is 0.530. The molecule has 3 aromatic rings. The molecule has 0 saturated heterocycles. The highest BCUT2D eigenvalue weighted by atomic mass is 16.5. The molecular weight excluding hydrogens is 306 g/mol. The number of nitrogens with zero attached hydrogens (tertiary/aromatic N) is 1. The predicted molar refractivity (Wildman–Crippen MR) is 103 cm³/mol. The molecule has 2 nitrogen and oxygen atoms in total. The molecule has 0 heterocycles. The lowest BCUT2D eigenvalue weighted by molar-refractivity contribution is 0.482. The Kier molecular flexibility index (Phi) is 4.60. The van der Waals surface area contributed by atoms with Gasteiger partial charge < -0.3 is 4.74 Å². The van der Waals surface area contributed by atoms with Crippen molar-refractivity contribution >= 4 is 11.9 Å². The van der Waals surface area contributed by atoms with E-state index >= 15 is 0 Å². The third-order valence-electron chi connectivity index (χ3n) is 4.56. The van der Waals surface area contributed by atoms with Crippen molar-refractivity contribution < 1.29 is 4.74 Å². The molecule has 4 rings (SSSR count). The highest BCUT2D eigenvalue weighted by Gasteiger charge is 2.11. The molecule has 1 aliphatic carbocycles. The number of rotatable bonds is 4. The van der Waals surface area contributed by atoms with Crippen LogP contribution in [0.4, 0.5) is 5.69 Å². The van der Waals surface area contributed by atoms with Crippen molar-refractivity contribution in [2.75, 3.05) is 0 Å². The Bertz CT molecular complexity index is 884. The summed E-state index contributed by atoms with van der Waals surface area (Å²) in [5.41, 5.74) is 5.03. The van der Waals surface area contributed by atoms with E-state index in [1.54, 1.807) is 0 Å². The zero-order valence-electron chi connectivity index (χ0n) is 14.2. The lowest BCUT2D eigenvalue weighted by Crippen LogP contribution is -2.02. The van der Waals surface area contributed by atoms with Crippen LogP contribution in [0.5, 0.6) is 11.5 Å². The molecule has 0 saturated carbocycles. The Hall–Kier alpha value is -2.87. The molecule has 0 unspecified atom stereocenters. The second kappa shape index (κ2) is 7.35. The van der Waals surface area contributed by atoms with Crippen LogP contribution in [0.25, 0.3) is 0 Å². The predicted octanol–water partition coefficient (Wildman–Crippen LogP) is 6.11. The summed E-state index contributed by atoms with van der Waals surface area (Å²) in [5, 5.41) is 0. The molecule has 0 N–H and O–H groups in total. The van der Waals surface area contributed by atoms with Gasteiger partial charge in [-0.25, -0.2) is 0 Å². The Labute approximate surface area is 148 Å². The summed E-state index contributed by atoms with van der Waals surface area (Å²) in [4.78, 5) is 4.76. The van der Waals surface area contributed by atoms with Gasteiger partial charge in [0.25, 0.3) is 0 Å². The van der Waals surface area contributed by atoms with Crippen LogP contribution in [-0.4, -0.2) is 6.21 Å². The number of hydrogen-bond donors (Lipinski definition) is 0. The lowest BCUT2D eigenvalue weighted by atomic mass is 9.90. The molecule has 0 aromatic heterocycles. The van der Waals surface area contributed by atoms with Crippen LogP contribution < -0.4 is 4.74 Å². The van der Waals surface area contributed by atoms with Gasteiger partial charge in [-0.2, -0.15) is 0 Å². The highest BCUT2D eigenvalue weighted by Crippen LogP contribution is 2.30. The van der Waals surface area contributed by atoms with Crippen molar-refractivity contribution in [3.63, 3.8) is 0 Å². The second-order valence-electron chi connectivity index (χ2n) is 6.37. The lowest BCUT2D eigenvalue weighted by Gasteiger charge is -2.17. The minimum atomic E-state index is 0.824. The fourth-order valence-electron chi connectivity index (χ4n) is 3.31. The number of fused-ring (bicyclic) bond motifs is 1. The average molecular weight is 327 g/mol. The SMILES string of the molecule is C(=Nc1cccc2c1CCCC2)c1cccc(Oc2ccccc2)c1. The van der Waals surface area contributed by atoms with E-state index in [4.69, 9.17) is 9.73 Å². The summed E-state index contributed by atoms with van der Waals surface area (Å²) in [6, 6.07) is 24.3. The van der Waals surface area contributed by atoms with E-state index in [1.165, 1.54) is 30.4 Å². The van der Waals surface area contributed by atoms with Gasteiger partial charge in [0.05, 0.1) is 5.69 Å². The molecule has 0 fully saturated rings. The molecule has 1 aliphatic rings. The molecule has 2 heteroatoms. The molecule has 124 valence electrons. The smallest absolute Gasteiger partial charge is 0.128 e. The first-order valence-corrected chi connectivity index (χ1v) is 8.86. The monoisotopic (exact) mass is 327 g/mol. The Morgan fingerprint density at radius 2 is 1.56 bits per heavy atom. The van der Waals surface area contributed by atoms with Crippen molar-refractivity contribution in [3.05, 3.63) is 89.5 Å². The van der Waals surface area contributed by atoms with Crippen molar-refractivity contribution in [1.82, 2.24) is 0 Å². The highest BCUT2D eigenvalue weighted by molar-refractivity contribution is 5.83. The van der Waals surface area contributed by atoms with Crippen molar-refractivity contribution in [3.8, 4) is 11.5 Å².